The summed E-state index contributed by atoms with van der Waals surface area (Å²) in [7, 11) is 0. The van der Waals surface area contributed by atoms with Crippen molar-refractivity contribution in [3.8, 4) is 0 Å². The van der Waals surface area contributed by atoms with Crippen LogP contribution in [0.15, 0.2) is 40.1 Å². The summed E-state index contributed by atoms with van der Waals surface area (Å²) in [6, 6.07) is 8.70. The van der Waals surface area contributed by atoms with Gasteiger partial charge in [0.25, 0.3) is 0 Å². The quantitative estimate of drug-likeness (QED) is 0.640. The fraction of sp³-hybridized carbons (Fsp3) is 0.308. The van der Waals surface area contributed by atoms with Crippen LogP contribution in [0, 0.1) is 0 Å². The number of aromatic nitrogens is 1. The lowest BCUT2D eigenvalue weighted by Crippen LogP contribution is -2.16. The van der Waals surface area contributed by atoms with Gasteiger partial charge in [-0.15, -0.1) is 23.1 Å². The minimum absolute atomic E-state index is 0.929. The molecule has 0 radical (unpaired) electrons. The molecule has 90 valence electrons. The van der Waals surface area contributed by atoms with Gasteiger partial charge in [0, 0.05) is 29.8 Å². The van der Waals surface area contributed by atoms with Gasteiger partial charge in [0.2, 0.25) is 0 Å². The second kappa shape index (κ2) is 6.79. The van der Waals surface area contributed by atoms with Gasteiger partial charge in [-0.25, -0.2) is 4.98 Å². The van der Waals surface area contributed by atoms with E-state index >= 15 is 0 Å². The Morgan fingerprint density at radius 2 is 2.12 bits per heavy atom. The van der Waals surface area contributed by atoms with E-state index in [4.69, 9.17) is 0 Å². The van der Waals surface area contributed by atoms with Crippen LogP contribution in [-0.2, 0) is 13.0 Å². The summed E-state index contributed by atoms with van der Waals surface area (Å²) >= 11 is 3.43. The summed E-state index contributed by atoms with van der Waals surface area (Å²) in [6.45, 7) is 1.91. The number of hydrogen-bond acceptors (Lipinski definition) is 4. The molecule has 0 bridgehead atoms. The molecule has 0 aliphatic carbocycles. The highest BCUT2D eigenvalue weighted by Gasteiger charge is 1.96. The largest absolute Gasteiger partial charge is 0.312 e. The van der Waals surface area contributed by atoms with Gasteiger partial charge in [-0.1, -0.05) is 12.1 Å². The van der Waals surface area contributed by atoms with Crippen molar-refractivity contribution < 1.29 is 0 Å². The number of nitrogens with one attached hydrogen (secondary N) is 1. The third-order valence-electron chi connectivity index (χ3n) is 2.53. The third kappa shape index (κ3) is 4.15. The minimum Gasteiger partial charge on any atom is -0.312 e. The first-order valence-corrected chi connectivity index (χ1v) is 7.76. The highest BCUT2D eigenvalue weighted by molar-refractivity contribution is 7.98. The molecule has 0 fully saturated rings. The average Bonchev–Trinajstić information content (AvgIpc) is 2.88. The highest BCUT2D eigenvalue weighted by Crippen LogP contribution is 2.14. The smallest absolute Gasteiger partial charge is 0.0794 e. The molecule has 4 heteroatoms. The predicted octanol–water partition coefficient (Wildman–Crippen LogP) is 3.20. The normalized spacial score (nSPS) is 10.6. The lowest BCUT2D eigenvalue weighted by atomic mass is 10.2. The van der Waals surface area contributed by atoms with Crippen LogP contribution in [0.2, 0.25) is 0 Å². The third-order valence-corrected chi connectivity index (χ3v) is 3.91. The second-order valence-corrected chi connectivity index (χ2v) is 5.35. The summed E-state index contributed by atoms with van der Waals surface area (Å²) in [5.41, 5.74) is 4.40. The molecular formula is C13H16N2S2. The molecule has 0 saturated heterocycles. The van der Waals surface area contributed by atoms with Crippen LogP contribution in [0.1, 0.15) is 11.3 Å². The first kappa shape index (κ1) is 12.6. The molecule has 0 aliphatic heterocycles. The maximum atomic E-state index is 4.26. The van der Waals surface area contributed by atoms with Crippen LogP contribution < -0.4 is 5.32 Å². The zero-order chi connectivity index (χ0) is 11.9. The molecule has 0 aliphatic rings. The van der Waals surface area contributed by atoms with Gasteiger partial charge < -0.3 is 5.32 Å². The van der Waals surface area contributed by atoms with E-state index in [2.05, 4.69) is 46.2 Å². The molecule has 2 rings (SSSR count). The van der Waals surface area contributed by atoms with E-state index < -0.39 is 0 Å². The van der Waals surface area contributed by atoms with Crippen LogP contribution >= 0.6 is 23.1 Å². The topological polar surface area (TPSA) is 24.9 Å². The fourth-order valence-electron chi connectivity index (χ4n) is 1.55. The summed E-state index contributed by atoms with van der Waals surface area (Å²) in [5, 5.41) is 5.54. The van der Waals surface area contributed by atoms with Crippen molar-refractivity contribution in [3.05, 3.63) is 46.4 Å². The molecule has 17 heavy (non-hydrogen) atoms. The molecule has 1 N–H and O–H groups in total. The average molecular weight is 264 g/mol. The number of thiazole rings is 1. The fourth-order valence-corrected chi connectivity index (χ4v) is 2.55. The molecule has 1 heterocycles. The van der Waals surface area contributed by atoms with Crippen LogP contribution in [0.4, 0.5) is 0 Å². The Labute approximate surface area is 110 Å². The number of rotatable bonds is 6. The summed E-state index contributed by atoms with van der Waals surface area (Å²) < 4.78 is 0. The molecule has 0 unspecified atom stereocenters. The highest BCUT2D eigenvalue weighted by atomic mass is 32.2. The maximum absolute atomic E-state index is 4.26. The van der Waals surface area contributed by atoms with Gasteiger partial charge in [-0.05, 0) is 24.0 Å². The summed E-state index contributed by atoms with van der Waals surface area (Å²) in [6.07, 6.45) is 3.10. The number of benzene rings is 1. The van der Waals surface area contributed by atoms with Gasteiger partial charge in [-0.2, -0.15) is 0 Å². The lowest BCUT2D eigenvalue weighted by molar-refractivity contribution is 0.681. The van der Waals surface area contributed by atoms with Crippen molar-refractivity contribution in [2.75, 3.05) is 12.8 Å². The maximum Gasteiger partial charge on any atom is 0.0794 e. The van der Waals surface area contributed by atoms with Crippen LogP contribution in [0.3, 0.4) is 0 Å². The van der Waals surface area contributed by atoms with Gasteiger partial charge in [-0.3, -0.25) is 0 Å². The molecule has 0 amide bonds. The standard InChI is InChI=1S/C13H16N2S2/c1-16-13-4-2-11(3-5-13)8-14-7-6-12-9-17-10-15-12/h2-5,9-10,14H,6-8H2,1H3. The zero-order valence-electron chi connectivity index (χ0n) is 9.85. The van der Waals surface area contributed by atoms with E-state index in [1.165, 1.54) is 16.2 Å². The number of nitrogens with zero attached hydrogens (tertiary/aromatic N) is 1. The number of hydrogen-bond donors (Lipinski definition) is 1. The SMILES string of the molecule is CSc1ccc(CNCCc2cscn2)cc1. The molecule has 1 aromatic carbocycles. The lowest BCUT2D eigenvalue weighted by Gasteiger charge is -2.04. The molecule has 1 aromatic heterocycles. The van der Waals surface area contributed by atoms with Crippen LogP contribution in [0.5, 0.6) is 0 Å². The van der Waals surface area contributed by atoms with Crippen molar-refractivity contribution in [1.82, 2.24) is 10.3 Å². The van der Waals surface area contributed by atoms with Gasteiger partial charge in [0.05, 0.1) is 11.2 Å². The van der Waals surface area contributed by atoms with Crippen LogP contribution in [-0.4, -0.2) is 17.8 Å². The van der Waals surface area contributed by atoms with E-state index in [1.807, 2.05) is 5.51 Å². The Bertz CT molecular complexity index is 423. The molecule has 2 aromatic rings. The Balaban J connectivity index is 1.70. The predicted molar refractivity (Wildman–Crippen MR) is 75.7 cm³/mol. The monoisotopic (exact) mass is 264 g/mol. The van der Waals surface area contributed by atoms with Crippen molar-refractivity contribution in [3.63, 3.8) is 0 Å². The first-order valence-electron chi connectivity index (χ1n) is 5.59. The molecular weight excluding hydrogens is 248 g/mol. The van der Waals surface area contributed by atoms with Gasteiger partial charge in [0.1, 0.15) is 0 Å². The summed E-state index contributed by atoms with van der Waals surface area (Å²) in [5.74, 6) is 0. The number of thioether (sulfide) groups is 1. The van der Waals surface area contributed by atoms with Crippen molar-refractivity contribution in [2.45, 2.75) is 17.9 Å². The van der Waals surface area contributed by atoms with Crippen molar-refractivity contribution >= 4 is 23.1 Å². The van der Waals surface area contributed by atoms with Crippen LogP contribution in [0.25, 0.3) is 0 Å². The molecule has 0 atom stereocenters. The molecule has 2 nitrogen and oxygen atoms in total. The Kier molecular flexibility index (Phi) is 5.04. The van der Waals surface area contributed by atoms with E-state index in [9.17, 15) is 0 Å². The zero-order valence-corrected chi connectivity index (χ0v) is 11.5. The minimum atomic E-state index is 0.929. The van der Waals surface area contributed by atoms with Gasteiger partial charge >= 0.3 is 0 Å². The van der Waals surface area contributed by atoms with E-state index in [0.717, 1.165) is 19.5 Å². The van der Waals surface area contributed by atoms with Crippen molar-refractivity contribution in [2.24, 2.45) is 0 Å². The summed E-state index contributed by atoms with van der Waals surface area (Å²) in [4.78, 5) is 5.58. The van der Waals surface area contributed by atoms with E-state index in [0.29, 0.717) is 0 Å². The Morgan fingerprint density at radius 1 is 1.29 bits per heavy atom. The second-order valence-electron chi connectivity index (χ2n) is 3.75. The van der Waals surface area contributed by atoms with Gasteiger partial charge in [0.15, 0.2) is 0 Å². The first-order chi connectivity index (χ1) is 8.38. The Hall–Kier alpha value is -0.840. The molecule has 0 spiro atoms. The van der Waals surface area contributed by atoms with Crippen molar-refractivity contribution in [1.29, 1.82) is 0 Å². The van der Waals surface area contributed by atoms with E-state index in [1.54, 1.807) is 23.1 Å². The Morgan fingerprint density at radius 3 is 2.76 bits per heavy atom. The molecule has 0 saturated carbocycles. The van der Waals surface area contributed by atoms with E-state index in [-0.39, 0.29) is 0 Å².